The molecule has 1 aromatic rings. The monoisotopic (exact) mass is 263 g/mol. The highest BCUT2D eigenvalue weighted by molar-refractivity contribution is 5.31. The molecule has 1 unspecified atom stereocenters. The normalized spacial score (nSPS) is 21.5. The third kappa shape index (κ3) is 3.47. The van der Waals surface area contributed by atoms with Gasteiger partial charge in [0.25, 0.3) is 0 Å². The van der Waals surface area contributed by atoms with E-state index in [1.807, 2.05) is 19.2 Å². The van der Waals surface area contributed by atoms with E-state index in [2.05, 4.69) is 17.4 Å². The van der Waals surface area contributed by atoms with Crippen LogP contribution in [0.15, 0.2) is 24.3 Å². The molecule has 2 fully saturated rings. The summed E-state index contributed by atoms with van der Waals surface area (Å²) in [6, 6.07) is 8.54. The first-order chi connectivity index (χ1) is 9.35. The van der Waals surface area contributed by atoms with Crippen molar-refractivity contribution in [3.63, 3.8) is 0 Å². The minimum Gasteiger partial charge on any atom is -0.490 e. The van der Waals surface area contributed by atoms with E-state index >= 15 is 0 Å². The van der Waals surface area contributed by atoms with E-state index in [9.17, 15) is 0 Å². The molecule has 1 saturated heterocycles. The molecule has 0 aromatic heterocycles. The third-order valence-electron chi connectivity index (χ3n) is 3.56. The molecule has 1 aromatic carbocycles. The average Bonchev–Trinajstić information content (AvgIpc) is 3.09. The van der Waals surface area contributed by atoms with Gasteiger partial charge in [0.2, 0.25) is 0 Å². The Morgan fingerprint density at radius 1 is 1.32 bits per heavy atom. The Bertz CT molecular complexity index is 414. The van der Waals surface area contributed by atoms with Crippen LogP contribution in [0, 0.1) is 0 Å². The van der Waals surface area contributed by atoms with Gasteiger partial charge < -0.3 is 19.5 Å². The van der Waals surface area contributed by atoms with Gasteiger partial charge in [0.1, 0.15) is 5.75 Å². The lowest BCUT2D eigenvalue weighted by Gasteiger charge is -2.20. The van der Waals surface area contributed by atoms with E-state index < -0.39 is 0 Å². The van der Waals surface area contributed by atoms with Crippen LogP contribution in [0.25, 0.3) is 0 Å². The fourth-order valence-electron chi connectivity index (χ4n) is 2.34. The molecule has 0 radical (unpaired) electrons. The molecule has 1 aliphatic heterocycles. The zero-order chi connectivity index (χ0) is 13.1. The molecular weight excluding hydrogens is 242 g/mol. The molecule has 3 rings (SSSR count). The standard InChI is InChI=1S/C15H21NO3/c1-16-14(10-15-17-7-8-18-15)11-3-2-4-13(9-11)19-12-5-6-12/h2-4,9,12,14-16H,5-8,10H2,1H3. The fourth-order valence-corrected chi connectivity index (χ4v) is 2.34. The van der Waals surface area contributed by atoms with Gasteiger partial charge in [0.05, 0.1) is 19.3 Å². The van der Waals surface area contributed by atoms with Gasteiger partial charge in [-0.15, -0.1) is 0 Å². The van der Waals surface area contributed by atoms with Crippen LogP contribution in [0.2, 0.25) is 0 Å². The first-order valence-corrected chi connectivity index (χ1v) is 7.02. The molecule has 4 nitrogen and oxygen atoms in total. The molecule has 0 amide bonds. The molecule has 0 spiro atoms. The Kier molecular flexibility index (Phi) is 4.01. The van der Waals surface area contributed by atoms with E-state index in [1.165, 1.54) is 18.4 Å². The topological polar surface area (TPSA) is 39.7 Å². The third-order valence-corrected chi connectivity index (χ3v) is 3.56. The van der Waals surface area contributed by atoms with Crippen LogP contribution in [0.4, 0.5) is 0 Å². The van der Waals surface area contributed by atoms with Gasteiger partial charge in [0, 0.05) is 12.5 Å². The largest absolute Gasteiger partial charge is 0.490 e. The Morgan fingerprint density at radius 3 is 2.79 bits per heavy atom. The molecule has 1 heterocycles. The van der Waals surface area contributed by atoms with Gasteiger partial charge in [0.15, 0.2) is 6.29 Å². The maximum atomic E-state index is 5.84. The molecule has 0 bridgehead atoms. The summed E-state index contributed by atoms with van der Waals surface area (Å²) in [4.78, 5) is 0. The van der Waals surface area contributed by atoms with Crippen molar-refractivity contribution in [1.29, 1.82) is 0 Å². The Morgan fingerprint density at radius 2 is 2.11 bits per heavy atom. The Balaban J connectivity index is 1.66. The van der Waals surface area contributed by atoms with Crippen molar-refractivity contribution in [3.05, 3.63) is 29.8 Å². The second-order valence-corrected chi connectivity index (χ2v) is 5.14. The summed E-state index contributed by atoms with van der Waals surface area (Å²) in [6.07, 6.45) is 3.53. The summed E-state index contributed by atoms with van der Waals surface area (Å²) in [5.74, 6) is 0.966. The highest BCUT2D eigenvalue weighted by Gasteiger charge is 2.25. The molecular formula is C15H21NO3. The minimum absolute atomic E-state index is 0.0922. The van der Waals surface area contributed by atoms with Crippen LogP contribution < -0.4 is 10.1 Å². The molecule has 2 aliphatic rings. The van der Waals surface area contributed by atoms with Gasteiger partial charge in [-0.05, 0) is 37.6 Å². The predicted octanol–water partition coefficient (Wildman–Crippen LogP) is 2.25. The van der Waals surface area contributed by atoms with E-state index in [0.717, 1.165) is 12.2 Å². The van der Waals surface area contributed by atoms with Crippen LogP contribution in [0.1, 0.15) is 30.9 Å². The number of hydrogen-bond donors (Lipinski definition) is 1. The fraction of sp³-hybridized carbons (Fsp3) is 0.600. The van der Waals surface area contributed by atoms with E-state index in [1.54, 1.807) is 0 Å². The lowest BCUT2D eigenvalue weighted by atomic mass is 10.0. The zero-order valence-corrected chi connectivity index (χ0v) is 11.3. The van der Waals surface area contributed by atoms with Crippen molar-refractivity contribution >= 4 is 0 Å². The van der Waals surface area contributed by atoms with Crippen LogP contribution >= 0.6 is 0 Å². The van der Waals surface area contributed by atoms with Gasteiger partial charge in [-0.2, -0.15) is 0 Å². The molecule has 104 valence electrons. The number of benzene rings is 1. The van der Waals surface area contributed by atoms with E-state index in [4.69, 9.17) is 14.2 Å². The number of rotatable bonds is 6. The summed E-state index contributed by atoms with van der Waals surface area (Å²) in [6.45, 7) is 1.40. The highest BCUT2D eigenvalue weighted by Crippen LogP contribution is 2.29. The smallest absolute Gasteiger partial charge is 0.159 e. The summed E-state index contributed by atoms with van der Waals surface area (Å²) in [5, 5.41) is 3.33. The first-order valence-electron chi connectivity index (χ1n) is 7.02. The van der Waals surface area contributed by atoms with Crippen molar-refractivity contribution in [2.24, 2.45) is 0 Å². The SMILES string of the molecule is CNC(CC1OCCO1)c1cccc(OC2CC2)c1. The van der Waals surface area contributed by atoms with Crippen LogP contribution in [0.3, 0.4) is 0 Å². The zero-order valence-electron chi connectivity index (χ0n) is 11.3. The van der Waals surface area contributed by atoms with Crippen LogP contribution in [-0.2, 0) is 9.47 Å². The summed E-state index contributed by atoms with van der Waals surface area (Å²) in [7, 11) is 1.97. The van der Waals surface area contributed by atoms with Crippen LogP contribution in [0.5, 0.6) is 5.75 Å². The molecule has 4 heteroatoms. The van der Waals surface area contributed by atoms with Gasteiger partial charge in [-0.25, -0.2) is 0 Å². The summed E-state index contributed by atoms with van der Waals surface area (Å²) >= 11 is 0. The molecule has 1 atom stereocenters. The Hall–Kier alpha value is -1.10. The maximum absolute atomic E-state index is 5.84. The molecule has 19 heavy (non-hydrogen) atoms. The quantitative estimate of drug-likeness (QED) is 0.854. The van der Waals surface area contributed by atoms with Gasteiger partial charge in [-0.3, -0.25) is 0 Å². The summed E-state index contributed by atoms with van der Waals surface area (Å²) in [5.41, 5.74) is 1.22. The number of nitrogens with one attached hydrogen (secondary N) is 1. The Labute approximate surface area is 114 Å². The van der Waals surface area contributed by atoms with Crippen molar-refractivity contribution in [2.45, 2.75) is 37.7 Å². The first kappa shape index (κ1) is 12.9. The van der Waals surface area contributed by atoms with Crippen molar-refractivity contribution < 1.29 is 14.2 Å². The second kappa shape index (κ2) is 5.90. The highest BCUT2D eigenvalue weighted by atomic mass is 16.7. The molecule has 1 N–H and O–H groups in total. The van der Waals surface area contributed by atoms with E-state index in [0.29, 0.717) is 19.3 Å². The second-order valence-electron chi connectivity index (χ2n) is 5.14. The van der Waals surface area contributed by atoms with Crippen molar-refractivity contribution in [1.82, 2.24) is 5.32 Å². The van der Waals surface area contributed by atoms with Crippen molar-refractivity contribution in [2.75, 3.05) is 20.3 Å². The number of ether oxygens (including phenoxy) is 3. The lowest BCUT2D eigenvalue weighted by molar-refractivity contribution is -0.0526. The molecule has 1 aliphatic carbocycles. The summed E-state index contributed by atoms with van der Waals surface area (Å²) < 4.78 is 16.9. The maximum Gasteiger partial charge on any atom is 0.159 e. The minimum atomic E-state index is -0.0922. The van der Waals surface area contributed by atoms with Gasteiger partial charge >= 0.3 is 0 Å². The van der Waals surface area contributed by atoms with Gasteiger partial charge in [-0.1, -0.05) is 12.1 Å². The number of hydrogen-bond acceptors (Lipinski definition) is 4. The van der Waals surface area contributed by atoms with Crippen LogP contribution in [-0.4, -0.2) is 32.7 Å². The average molecular weight is 263 g/mol. The molecule has 1 saturated carbocycles. The predicted molar refractivity (Wildman–Crippen MR) is 72.2 cm³/mol. The van der Waals surface area contributed by atoms with E-state index in [-0.39, 0.29) is 12.3 Å². The van der Waals surface area contributed by atoms with Crippen molar-refractivity contribution in [3.8, 4) is 5.75 Å². The lowest BCUT2D eigenvalue weighted by Crippen LogP contribution is -2.23.